The van der Waals surface area contributed by atoms with Crippen LogP contribution < -0.4 is 11.1 Å². The largest absolute Gasteiger partial charge is 0.398 e. The maximum absolute atomic E-state index is 11.9. The molecule has 3 nitrogen and oxygen atoms in total. The maximum atomic E-state index is 11.9. The topological polar surface area (TPSA) is 55.1 Å². The van der Waals surface area contributed by atoms with Crippen LogP contribution in [-0.2, 0) is 6.54 Å². The van der Waals surface area contributed by atoms with Crippen LogP contribution in [0.5, 0.6) is 0 Å². The molecule has 0 saturated carbocycles. The van der Waals surface area contributed by atoms with Crippen LogP contribution in [0.15, 0.2) is 35.7 Å². The minimum atomic E-state index is -0.129. The molecule has 2 rings (SSSR count). The van der Waals surface area contributed by atoms with Gasteiger partial charge < -0.3 is 11.1 Å². The van der Waals surface area contributed by atoms with Gasteiger partial charge in [0.2, 0.25) is 0 Å². The molecule has 0 aliphatic rings. The second-order valence-corrected chi connectivity index (χ2v) is 4.88. The van der Waals surface area contributed by atoms with Crippen molar-refractivity contribution in [2.24, 2.45) is 0 Å². The molecule has 0 unspecified atom stereocenters. The summed E-state index contributed by atoms with van der Waals surface area (Å²) in [6.45, 7) is 2.49. The van der Waals surface area contributed by atoms with Crippen molar-refractivity contribution in [3.05, 3.63) is 51.7 Å². The van der Waals surface area contributed by atoms with Crippen molar-refractivity contribution in [2.45, 2.75) is 13.5 Å². The molecule has 0 bridgehead atoms. The van der Waals surface area contributed by atoms with Crippen LogP contribution >= 0.6 is 11.3 Å². The molecule has 1 aromatic carbocycles. The van der Waals surface area contributed by atoms with Crippen molar-refractivity contribution in [2.75, 3.05) is 5.73 Å². The number of rotatable bonds is 3. The van der Waals surface area contributed by atoms with E-state index in [2.05, 4.69) is 5.32 Å². The van der Waals surface area contributed by atoms with E-state index < -0.39 is 0 Å². The number of thiophene rings is 1. The lowest BCUT2D eigenvalue weighted by Gasteiger charge is -2.07. The van der Waals surface area contributed by atoms with Gasteiger partial charge in [-0.15, -0.1) is 11.3 Å². The Morgan fingerprint density at radius 3 is 2.88 bits per heavy atom. The lowest BCUT2D eigenvalue weighted by atomic mass is 10.1. The van der Waals surface area contributed by atoms with Crippen molar-refractivity contribution in [1.82, 2.24) is 5.32 Å². The minimum absolute atomic E-state index is 0.129. The molecule has 17 heavy (non-hydrogen) atoms. The molecule has 0 aliphatic heterocycles. The van der Waals surface area contributed by atoms with Gasteiger partial charge in [-0.2, -0.15) is 0 Å². The number of amides is 1. The van der Waals surface area contributed by atoms with Gasteiger partial charge in [-0.1, -0.05) is 12.1 Å². The van der Waals surface area contributed by atoms with Crippen LogP contribution in [0, 0.1) is 6.92 Å². The highest BCUT2D eigenvalue weighted by Crippen LogP contribution is 2.14. The molecule has 0 atom stereocenters. The van der Waals surface area contributed by atoms with Crippen LogP contribution in [0.3, 0.4) is 0 Å². The van der Waals surface area contributed by atoms with E-state index in [9.17, 15) is 4.79 Å². The quantitative estimate of drug-likeness (QED) is 0.818. The molecule has 1 aromatic heterocycles. The number of aryl methyl sites for hydroxylation is 1. The second kappa shape index (κ2) is 5.01. The zero-order chi connectivity index (χ0) is 12.3. The molecule has 1 amide bonds. The van der Waals surface area contributed by atoms with E-state index in [0.29, 0.717) is 17.8 Å². The van der Waals surface area contributed by atoms with Crippen LogP contribution in [0.4, 0.5) is 5.69 Å². The van der Waals surface area contributed by atoms with Crippen LogP contribution in [-0.4, -0.2) is 5.91 Å². The Morgan fingerprint density at radius 1 is 1.41 bits per heavy atom. The summed E-state index contributed by atoms with van der Waals surface area (Å²) < 4.78 is 0. The molecular weight excluding hydrogens is 232 g/mol. The van der Waals surface area contributed by atoms with Gasteiger partial charge in [-0.05, 0) is 36.1 Å². The second-order valence-electron chi connectivity index (χ2n) is 3.85. The lowest BCUT2D eigenvalue weighted by molar-refractivity contribution is 0.0952. The van der Waals surface area contributed by atoms with Crippen molar-refractivity contribution in [3.8, 4) is 0 Å². The predicted octanol–water partition coefficient (Wildman–Crippen LogP) is 2.57. The van der Waals surface area contributed by atoms with Gasteiger partial charge in [0.15, 0.2) is 0 Å². The third-order valence-corrected chi connectivity index (χ3v) is 3.33. The highest BCUT2D eigenvalue weighted by molar-refractivity contribution is 7.09. The monoisotopic (exact) mass is 246 g/mol. The SMILES string of the molecule is Cc1ccc(C(=O)NCc2cccs2)c(N)c1. The molecule has 0 saturated heterocycles. The van der Waals surface area contributed by atoms with Crippen molar-refractivity contribution in [3.63, 3.8) is 0 Å². The summed E-state index contributed by atoms with van der Waals surface area (Å²) in [5.74, 6) is -0.129. The highest BCUT2D eigenvalue weighted by atomic mass is 32.1. The zero-order valence-corrected chi connectivity index (χ0v) is 10.4. The fraction of sp³-hybridized carbons (Fsp3) is 0.154. The number of carbonyl (C=O) groups is 1. The van der Waals surface area contributed by atoms with Crippen LogP contribution in [0.25, 0.3) is 0 Å². The Kier molecular flexibility index (Phi) is 3.44. The standard InChI is InChI=1S/C13H14N2OS/c1-9-4-5-11(12(14)7-9)13(16)15-8-10-3-2-6-17-10/h2-7H,8,14H2,1H3,(H,15,16). The molecule has 2 aromatic rings. The summed E-state index contributed by atoms with van der Waals surface area (Å²) in [6.07, 6.45) is 0. The van der Waals surface area contributed by atoms with Crippen molar-refractivity contribution in [1.29, 1.82) is 0 Å². The molecule has 88 valence electrons. The number of hydrogen-bond acceptors (Lipinski definition) is 3. The number of hydrogen-bond donors (Lipinski definition) is 2. The number of nitrogen functional groups attached to an aromatic ring is 1. The van der Waals surface area contributed by atoms with Crippen LogP contribution in [0.2, 0.25) is 0 Å². The summed E-state index contributed by atoms with van der Waals surface area (Å²) in [4.78, 5) is 13.0. The van der Waals surface area contributed by atoms with Crippen molar-refractivity contribution >= 4 is 22.9 Å². The predicted molar refractivity (Wildman–Crippen MR) is 71.1 cm³/mol. The Hall–Kier alpha value is -1.81. The zero-order valence-electron chi connectivity index (χ0n) is 9.57. The first-order valence-corrected chi connectivity index (χ1v) is 6.21. The third-order valence-electron chi connectivity index (χ3n) is 2.45. The Labute approximate surface area is 104 Å². The smallest absolute Gasteiger partial charge is 0.253 e. The number of benzene rings is 1. The highest BCUT2D eigenvalue weighted by Gasteiger charge is 2.09. The van der Waals surface area contributed by atoms with Crippen molar-refractivity contribution < 1.29 is 4.79 Å². The van der Waals surface area contributed by atoms with Gasteiger partial charge in [-0.3, -0.25) is 4.79 Å². The normalized spacial score (nSPS) is 10.2. The first-order valence-electron chi connectivity index (χ1n) is 5.33. The first kappa shape index (κ1) is 11.7. The van der Waals surface area contributed by atoms with Gasteiger partial charge in [0.1, 0.15) is 0 Å². The average Bonchev–Trinajstić information content (AvgIpc) is 2.78. The van der Waals surface area contributed by atoms with E-state index in [1.54, 1.807) is 23.5 Å². The molecule has 3 N–H and O–H groups in total. The summed E-state index contributed by atoms with van der Waals surface area (Å²) in [5, 5.41) is 4.84. The number of nitrogens with two attached hydrogens (primary N) is 1. The van der Waals surface area contributed by atoms with E-state index in [1.807, 2.05) is 30.5 Å². The van der Waals surface area contributed by atoms with E-state index in [4.69, 9.17) is 5.73 Å². The molecule has 0 aliphatic carbocycles. The fourth-order valence-electron chi connectivity index (χ4n) is 1.56. The first-order chi connectivity index (χ1) is 8.16. The van der Waals surface area contributed by atoms with Gasteiger partial charge in [0.05, 0.1) is 12.1 Å². The summed E-state index contributed by atoms with van der Waals surface area (Å²) in [7, 11) is 0. The van der Waals surface area contributed by atoms with Gasteiger partial charge in [0.25, 0.3) is 5.91 Å². The summed E-state index contributed by atoms with van der Waals surface area (Å²) in [5.41, 5.74) is 7.92. The maximum Gasteiger partial charge on any atom is 0.253 e. The Morgan fingerprint density at radius 2 is 2.24 bits per heavy atom. The number of carbonyl (C=O) groups excluding carboxylic acids is 1. The third kappa shape index (κ3) is 2.85. The van der Waals surface area contributed by atoms with E-state index in [-0.39, 0.29) is 5.91 Å². The average molecular weight is 246 g/mol. The lowest BCUT2D eigenvalue weighted by Crippen LogP contribution is -2.23. The fourth-order valence-corrected chi connectivity index (χ4v) is 2.21. The number of nitrogens with one attached hydrogen (secondary N) is 1. The van der Waals surface area contributed by atoms with E-state index >= 15 is 0 Å². The van der Waals surface area contributed by atoms with Crippen LogP contribution in [0.1, 0.15) is 20.8 Å². The minimum Gasteiger partial charge on any atom is -0.398 e. The molecule has 0 radical (unpaired) electrons. The molecule has 0 spiro atoms. The number of anilines is 1. The van der Waals surface area contributed by atoms with Gasteiger partial charge >= 0.3 is 0 Å². The molecule has 0 fully saturated rings. The van der Waals surface area contributed by atoms with Gasteiger partial charge in [-0.25, -0.2) is 0 Å². The molecule has 4 heteroatoms. The molecular formula is C13H14N2OS. The van der Waals surface area contributed by atoms with E-state index in [1.165, 1.54) is 0 Å². The summed E-state index contributed by atoms with van der Waals surface area (Å²) in [6, 6.07) is 9.40. The van der Waals surface area contributed by atoms with E-state index in [0.717, 1.165) is 10.4 Å². The molecule has 1 heterocycles. The summed E-state index contributed by atoms with van der Waals surface area (Å²) >= 11 is 1.62. The Bertz CT molecular complexity index is 520. The Balaban J connectivity index is 2.04. The van der Waals surface area contributed by atoms with Gasteiger partial charge in [0, 0.05) is 10.6 Å².